The molecular weight excluding hydrogens is 172 g/mol. The molecule has 0 atom stereocenters. The lowest BCUT2D eigenvalue weighted by atomic mass is 10.3. The maximum absolute atomic E-state index is 5.20. The topological polar surface area (TPSA) is 15.3 Å². The van der Waals surface area contributed by atoms with Crippen LogP contribution in [0.25, 0.3) is 0 Å². The fraction of sp³-hybridized carbons (Fsp3) is 0.333. The van der Waals surface area contributed by atoms with E-state index in [1.54, 1.807) is 0 Å². The molecule has 2 nitrogen and oxygen atoms in total. The molecule has 0 amide bonds. The normalized spacial score (nSPS) is 9.79. The van der Waals surface area contributed by atoms with Gasteiger partial charge in [-0.3, -0.25) is 4.90 Å². The Balaban J connectivity index is 2.19. The summed E-state index contributed by atoms with van der Waals surface area (Å²) in [6.45, 7) is 2.58. The lowest BCUT2D eigenvalue weighted by Crippen LogP contribution is -2.25. The van der Waals surface area contributed by atoms with Gasteiger partial charge in [-0.1, -0.05) is 24.1 Å². The summed E-state index contributed by atoms with van der Waals surface area (Å²) < 4.78 is 0. The summed E-state index contributed by atoms with van der Waals surface area (Å²) in [6.07, 6.45) is 5.20. The molecule has 1 N–H and O–H groups in total. The summed E-state index contributed by atoms with van der Waals surface area (Å²) >= 11 is 0. The van der Waals surface area contributed by atoms with Gasteiger partial charge < -0.3 is 5.32 Å². The maximum Gasteiger partial charge on any atom is 0.0597 e. The van der Waals surface area contributed by atoms with Crippen LogP contribution in [0.5, 0.6) is 0 Å². The van der Waals surface area contributed by atoms with Crippen molar-refractivity contribution < 1.29 is 0 Å². The number of hydrogen-bond acceptors (Lipinski definition) is 2. The molecule has 0 aliphatic heterocycles. The zero-order valence-corrected chi connectivity index (χ0v) is 8.53. The van der Waals surface area contributed by atoms with Crippen molar-refractivity contribution in [2.45, 2.75) is 0 Å². The molecule has 0 saturated carbocycles. The minimum atomic E-state index is 0.705. The Morgan fingerprint density at radius 2 is 2.07 bits per heavy atom. The average molecular weight is 188 g/mol. The van der Waals surface area contributed by atoms with Crippen LogP contribution in [0, 0.1) is 12.3 Å². The van der Waals surface area contributed by atoms with Gasteiger partial charge in [0.2, 0.25) is 0 Å². The van der Waals surface area contributed by atoms with Gasteiger partial charge in [0, 0.05) is 18.8 Å². The molecule has 0 spiro atoms. The van der Waals surface area contributed by atoms with E-state index in [0.29, 0.717) is 6.54 Å². The molecule has 0 unspecified atom stereocenters. The van der Waals surface area contributed by atoms with Gasteiger partial charge in [-0.2, -0.15) is 0 Å². The third-order valence-electron chi connectivity index (χ3n) is 1.96. The van der Waals surface area contributed by atoms with Gasteiger partial charge in [0.1, 0.15) is 0 Å². The van der Waals surface area contributed by atoms with Crippen molar-refractivity contribution in [1.29, 1.82) is 0 Å². The van der Waals surface area contributed by atoms with Gasteiger partial charge in [0.05, 0.1) is 6.54 Å². The Morgan fingerprint density at radius 1 is 1.36 bits per heavy atom. The molecule has 74 valence electrons. The first-order chi connectivity index (χ1) is 6.83. The fourth-order valence-electron chi connectivity index (χ4n) is 1.18. The van der Waals surface area contributed by atoms with E-state index in [2.05, 4.69) is 28.3 Å². The van der Waals surface area contributed by atoms with E-state index >= 15 is 0 Å². The van der Waals surface area contributed by atoms with Crippen molar-refractivity contribution in [2.75, 3.05) is 32.0 Å². The summed E-state index contributed by atoms with van der Waals surface area (Å²) in [7, 11) is 2.02. The Kier molecular flexibility index (Phi) is 4.60. The number of para-hydroxylation sites is 1. The van der Waals surface area contributed by atoms with Crippen LogP contribution in [-0.4, -0.2) is 31.6 Å². The van der Waals surface area contributed by atoms with Crippen molar-refractivity contribution in [3.05, 3.63) is 30.3 Å². The van der Waals surface area contributed by atoms with E-state index in [-0.39, 0.29) is 0 Å². The van der Waals surface area contributed by atoms with Crippen LogP contribution in [0.2, 0.25) is 0 Å². The van der Waals surface area contributed by atoms with Crippen molar-refractivity contribution >= 4 is 5.69 Å². The van der Waals surface area contributed by atoms with Crippen LogP contribution < -0.4 is 5.32 Å². The molecule has 0 heterocycles. The minimum Gasteiger partial charge on any atom is -0.384 e. The highest BCUT2D eigenvalue weighted by Gasteiger charge is 1.94. The number of benzene rings is 1. The van der Waals surface area contributed by atoms with Crippen molar-refractivity contribution in [2.24, 2.45) is 0 Å². The van der Waals surface area contributed by atoms with Crippen molar-refractivity contribution in [3.63, 3.8) is 0 Å². The highest BCUT2D eigenvalue weighted by atomic mass is 15.1. The van der Waals surface area contributed by atoms with Crippen LogP contribution >= 0.6 is 0 Å². The van der Waals surface area contributed by atoms with Gasteiger partial charge in [0.25, 0.3) is 0 Å². The SMILES string of the molecule is C#CCN(C)CCNc1ccccc1. The van der Waals surface area contributed by atoms with E-state index in [0.717, 1.165) is 18.8 Å². The number of rotatable bonds is 5. The molecule has 0 aliphatic carbocycles. The molecule has 14 heavy (non-hydrogen) atoms. The molecule has 0 saturated heterocycles. The fourth-order valence-corrected chi connectivity index (χ4v) is 1.18. The smallest absolute Gasteiger partial charge is 0.0597 e. The van der Waals surface area contributed by atoms with Crippen LogP contribution in [0.3, 0.4) is 0 Å². The van der Waals surface area contributed by atoms with Gasteiger partial charge in [-0.15, -0.1) is 6.42 Å². The maximum atomic E-state index is 5.20. The summed E-state index contributed by atoms with van der Waals surface area (Å²) in [5.41, 5.74) is 1.15. The van der Waals surface area contributed by atoms with Crippen LogP contribution in [0.1, 0.15) is 0 Å². The number of hydrogen-bond donors (Lipinski definition) is 1. The van der Waals surface area contributed by atoms with Crippen molar-refractivity contribution in [1.82, 2.24) is 4.90 Å². The quantitative estimate of drug-likeness (QED) is 0.707. The summed E-state index contributed by atoms with van der Waals surface area (Å²) in [6, 6.07) is 10.2. The summed E-state index contributed by atoms with van der Waals surface area (Å²) in [5, 5.41) is 3.32. The van der Waals surface area contributed by atoms with E-state index in [1.807, 2.05) is 25.2 Å². The predicted octanol–water partition coefficient (Wildman–Crippen LogP) is 1.66. The summed E-state index contributed by atoms with van der Waals surface area (Å²) in [4.78, 5) is 2.11. The number of terminal acetylenes is 1. The lowest BCUT2D eigenvalue weighted by Gasteiger charge is -2.13. The second kappa shape index (κ2) is 6.06. The first-order valence-corrected chi connectivity index (χ1v) is 4.74. The molecule has 0 bridgehead atoms. The monoisotopic (exact) mass is 188 g/mol. The number of likely N-dealkylation sites (N-methyl/N-ethyl adjacent to an activating group) is 1. The second-order valence-corrected chi connectivity index (χ2v) is 3.23. The van der Waals surface area contributed by atoms with Crippen molar-refractivity contribution in [3.8, 4) is 12.3 Å². The molecule has 0 aliphatic rings. The largest absolute Gasteiger partial charge is 0.384 e. The first-order valence-electron chi connectivity index (χ1n) is 4.74. The zero-order valence-electron chi connectivity index (χ0n) is 8.53. The third-order valence-corrected chi connectivity index (χ3v) is 1.96. The Hall–Kier alpha value is -1.46. The predicted molar refractivity (Wildman–Crippen MR) is 61.3 cm³/mol. The van der Waals surface area contributed by atoms with Gasteiger partial charge in [-0.25, -0.2) is 0 Å². The Labute approximate surface area is 85.9 Å². The second-order valence-electron chi connectivity index (χ2n) is 3.23. The number of nitrogens with zero attached hydrogens (tertiary/aromatic N) is 1. The highest BCUT2D eigenvalue weighted by molar-refractivity contribution is 5.42. The molecule has 1 aromatic rings. The number of nitrogens with one attached hydrogen (secondary N) is 1. The van der Waals surface area contributed by atoms with E-state index < -0.39 is 0 Å². The van der Waals surface area contributed by atoms with Crippen LogP contribution in [-0.2, 0) is 0 Å². The van der Waals surface area contributed by atoms with Gasteiger partial charge in [-0.05, 0) is 19.2 Å². The molecule has 1 aromatic carbocycles. The van der Waals surface area contributed by atoms with E-state index in [1.165, 1.54) is 0 Å². The first kappa shape index (κ1) is 10.6. The molecule has 0 aromatic heterocycles. The standard InChI is InChI=1S/C12H16N2/c1-3-10-14(2)11-9-13-12-7-5-4-6-8-12/h1,4-8,13H,9-11H2,2H3. The minimum absolute atomic E-state index is 0.705. The molecule has 0 radical (unpaired) electrons. The van der Waals surface area contributed by atoms with E-state index in [4.69, 9.17) is 6.42 Å². The third kappa shape index (κ3) is 3.97. The summed E-state index contributed by atoms with van der Waals surface area (Å²) in [5.74, 6) is 2.61. The lowest BCUT2D eigenvalue weighted by molar-refractivity contribution is 0.391. The van der Waals surface area contributed by atoms with Crippen LogP contribution in [0.15, 0.2) is 30.3 Å². The Bertz CT molecular complexity index is 287. The molecule has 1 rings (SSSR count). The zero-order chi connectivity index (χ0) is 10.2. The average Bonchev–Trinajstić information content (AvgIpc) is 2.20. The Morgan fingerprint density at radius 3 is 2.71 bits per heavy atom. The van der Waals surface area contributed by atoms with Gasteiger partial charge in [0.15, 0.2) is 0 Å². The van der Waals surface area contributed by atoms with Crippen LogP contribution in [0.4, 0.5) is 5.69 Å². The molecule has 2 heteroatoms. The molecule has 0 fully saturated rings. The number of anilines is 1. The van der Waals surface area contributed by atoms with E-state index in [9.17, 15) is 0 Å². The highest BCUT2D eigenvalue weighted by Crippen LogP contribution is 2.03. The molecular formula is C12H16N2. The van der Waals surface area contributed by atoms with Gasteiger partial charge >= 0.3 is 0 Å².